The Morgan fingerprint density at radius 2 is 2.27 bits per heavy atom. The lowest BCUT2D eigenvalue weighted by Crippen LogP contribution is -2.38. The van der Waals surface area contributed by atoms with Crippen molar-refractivity contribution in [3.63, 3.8) is 0 Å². The fourth-order valence-corrected chi connectivity index (χ4v) is 2.01. The predicted molar refractivity (Wildman–Crippen MR) is 78.1 cm³/mol. The van der Waals surface area contributed by atoms with Crippen LogP contribution in [0.4, 0.5) is 4.39 Å². The van der Waals surface area contributed by atoms with E-state index in [1.807, 2.05) is 0 Å². The van der Waals surface area contributed by atoms with Gasteiger partial charge in [-0.2, -0.15) is 5.10 Å². The maximum Gasteiger partial charge on any atom is 0.255 e. The summed E-state index contributed by atoms with van der Waals surface area (Å²) < 4.78 is 19.9. The summed E-state index contributed by atoms with van der Waals surface area (Å²) in [6, 6.07) is 3.68. The Kier molecular flexibility index (Phi) is 4.46. The maximum atomic E-state index is 13.3. The van der Waals surface area contributed by atoms with E-state index < -0.39 is 17.3 Å². The van der Waals surface area contributed by atoms with Gasteiger partial charge >= 0.3 is 0 Å². The molecule has 0 fully saturated rings. The van der Waals surface area contributed by atoms with Crippen LogP contribution in [-0.2, 0) is 12.6 Å². The van der Waals surface area contributed by atoms with E-state index >= 15 is 0 Å². The molecule has 1 aromatic heterocycles. The highest BCUT2D eigenvalue weighted by Crippen LogP contribution is 2.21. The predicted octanol–water partition coefficient (Wildman–Crippen LogP) is 1.21. The molecule has 0 aliphatic carbocycles. The van der Waals surface area contributed by atoms with Gasteiger partial charge in [0.05, 0.1) is 25.4 Å². The number of nitrogens with zero attached hydrogens (tertiary/aromatic N) is 2. The summed E-state index contributed by atoms with van der Waals surface area (Å²) in [6.45, 7) is 1.52. The van der Waals surface area contributed by atoms with Crippen molar-refractivity contribution in [2.24, 2.45) is 7.05 Å². The van der Waals surface area contributed by atoms with Crippen LogP contribution in [0, 0.1) is 5.82 Å². The normalized spacial score (nSPS) is 13.5. The van der Waals surface area contributed by atoms with Gasteiger partial charge in [0.15, 0.2) is 0 Å². The van der Waals surface area contributed by atoms with Gasteiger partial charge in [0.2, 0.25) is 0 Å². The first-order valence-corrected chi connectivity index (χ1v) is 6.67. The van der Waals surface area contributed by atoms with Crippen molar-refractivity contribution in [3.8, 4) is 5.75 Å². The van der Waals surface area contributed by atoms with Gasteiger partial charge < -0.3 is 15.2 Å². The molecule has 1 aromatic carbocycles. The molecule has 1 atom stereocenters. The molecule has 0 saturated heterocycles. The standard InChI is InChI=1S/C15H18FN3O3/c1-15(21,10-7-18-19(2)8-10)9-17-14(20)12-6-11(16)4-5-13(12)22-3/h4-8,21H,9H2,1-3H3,(H,17,20). The number of methoxy groups -OCH3 is 1. The Balaban J connectivity index is 2.11. The van der Waals surface area contributed by atoms with E-state index in [2.05, 4.69) is 10.4 Å². The highest BCUT2D eigenvalue weighted by molar-refractivity contribution is 5.97. The molecule has 1 amide bonds. The van der Waals surface area contributed by atoms with Crippen LogP contribution in [0.1, 0.15) is 22.8 Å². The zero-order valence-corrected chi connectivity index (χ0v) is 12.6. The fraction of sp³-hybridized carbons (Fsp3) is 0.333. The summed E-state index contributed by atoms with van der Waals surface area (Å²) in [5.41, 5.74) is -0.643. The van der Waals surface area contributed by atoms with Crippen molar-refractivity contribution in [2.45, 2.75) is 12.5 Å². The van der Waals surface area contributed by atoms with Gasteiger partial charge in [0.1, 0.15) is 17.2 Å². The molecule has 2 N–H and O–H groups in total. The molecule has 0 bridgehead atoms. The number of rotatable bonds is 5. The number of nitrogens with one attached hydrogen (secondary N) is 1. The second-order valence-electron chi connectivity index (χ2n) is 5.20. The van der Waals surface area contributed by atoms with Crippen molar-refractivity contribution in [3.05, 3.63) is 47.5 Å². The lowest BCUT2D eigenvalue weighted by Gasteiger charge is -2.22. The molecule has 2 rings (SSSR count). The molecule has 7 heteroatoms. The Labute approximate surface area is 127 Å². The van der Waals surface area contributed by atoms with E-state index in [9.17, 15) is 14.3 Å². The van der Waals surface area contributed by atoms with Gasteiger partial charge in [-0.05, 0) is 25.1 Å². The third-order valence-corrected chi connectivity index (χ3v) is 3.33. The number of carbonyl (C=O) groups is 1. The Bertz CT molecular complexity index is 682. The monoisotopic (exact) mass is 307 g/mol. The molecule has 2 aromatic rings. The lowest BCUT2D eigenvalue weighted by atomic mass is 9.99. The Morgan fingerprint density at radius 3 is 2.86 bits per heavy atom. The van der Waals surface area contributed by atoms with E-state index in [0.717, 1.165) is 6.07 Å². The number of carbonyl (C=O) groups excluding carboxylic acids is 1. The van der Waals surface area contributed by atoms with E-state index in [1.54, 1.807) is 24.9 Å². The van der Waals surface area contributed by atoms with Crippen LogP contribution in [0.2, 0.25) is 0 Å². The fourth-order valence-electron chi connectivity index (χ4n) is 2.01. The third kappa shape index (κ3) is 3.43. The van der Waals surface area contributed by atoms with Gasteiger partial charge in [-0.3, -0.25) is 9.48 Å². The molecule has 22 heavy (non-hydrogen) atoms. The second-order valence-corrected chi connectivity index (χ2v) is 5.20. The number of benzene rings is 1. The first-order chi connectivity index (χ1) is 10.3. The van der Waals surface area contributed by atoms with Gasteiger partial charge in [-0.25, -0.2) is 4.39 Å². The van der Waals surface area contributed by atoms with Crippen LogP contribution in [0.15, 0.2) is 30.6 Å². The lowest BCUT2D eigenvalue weighted by molar-refractivity contribution is 0.0525. The molecule has 118 valence electrons. The topological polar surface area (TPSA) is 76.4 Å². The zero-order valence-electron chi connectivity index (χ0n) is 12.6. The van der Waals surface area contributed by atoms with Crippen molar-refractivity contribution in [1.82, 2.24) is 15.1 Å². The van der Waals surface area contributed by atoms with Crippen LogP contribution in [0.5, 0.6) is 5.75 Å². The largest absolute Gasteiger partial charge is 0.496 e. The molecule has 1 unspecified atom stereocenters. The van der Waals surface area contributed by atoms with Crippen LogP contribution in [-0.4, -0.2) is 34.4 Å². The summed E-state index contributed by atoms with van der Waals surface area (Å²) >= 11 is 0. The van der Waals surface area contributed by atoms with E-state index in [-0.39, 0.29) is 17.9 Å². The SMILES string of the molecule is COc1ccc(F)cc1C(=O)NCC(C)(O)c1cnn(C)c1. The molecular weight excluding hydrogens is 289 g/mol. The first-order valence-electron chi connectivity index (χ1n) is 6.67. The average Bonchev–Trinajstić information content (AvgIpc) is 2.92. The Hall–Kier alpha value is -2.41. The molecule has 1 heterocycles. The summed E-state index contributed by atoms with van der Waals surface area (Å²) in [7, 11) is 3.13. The number of aryl methyl sites for hydroxylation is 1. The number of halogens is 1. The average molecular weight is 307 g/mol. The molecule has 0 aliphatic heterocycles. The van der Waals surface area contributed by atoms with Crippen molar-refractivity contribution >= 4 is 5.91 Å². The van der Waals surface area contributed by atoms with E-state index in [4.69, 9.17) is 4.74 Å². The van der Waals surface area contributed by atoms with Crippen molar-refractivity contribution < 1.29 is 19.0 Å². The third-order valence-electron chi connectivity index (χ3n) is 3.33. The highest BCUT2D eigenvalue weighted by Gasteiger charge is 2.26. The summed E-state index contributed by atoms with van der Waals surface area (Å²) in [6.07, 6.45) is 3.18. The van der Waals surface area contributed by atoms with E-state index in [1.165, 1.54) is 25.4 Å². The number of hydrogen-bond acceptors (Lipinski definition) is 4. The van der Waals surface area contributed by atoms with Gasteiger partial charge in [0, 0.05) is 18.8 Å². The molecule has 0 radical (unpaired) electrons. The zero-order chi connectivity index (χ0) is 16.3. The minimum Gasteiger partial charge on any atom is -0.496 e. The van der Waals surface area contributed by atoms with Gasteiger partial charge in [0.25, 0.3) is 5.91 Å². The van der Waals surface area contributed by atoms with Gasteiger partial charge in [-0.1, -0.05) is 0 Å². The number of amides is 1. The van der Waals surface area contributed by atoms with Crippen LogP contribution >= 0.6 is 0 Å². The first kappa shape index (κ1) is 16.0. The Morgan fingerprint density at radius 1 is 1.55 bits per heavy atom. The second kappa shape index (κ2) is 6.15. The number of aromatic nitrogens is 2. The maximum absolute atomic E-state index is 13.3. The van der Waals surface area contributed by atoms with Crippen LogP contribution in [0.3, 0.4) is 0 Å². The molecule has 0 aliphatic rings. The quantitative estimate of drug-likeness (QED) is 0.870. The van der Waals surface area contributed by atoms with Crippen LogP contribution in [0.25, 0.3) is 0 Å². The highest BCUT2D eigenvalue weighted by atomic mass is 19.1. The minimum atomic E-state index is -1.29. The number of hydrogen-bond donors (Lipinski definition) is 2. The molecule has 0 spiro atoms. The molecule has 0 saturated carbocycles. The minimum absolute atomic E-state index is 0.0445. The van der Waals surface area contributed by atoms with E-state index in [0.29, 0.717) is 5.56 Å². The summed E-state index contributed by atoms with van der Waals surface area (Å²) in [5.74, 6) is -0.801. The molecular formula is C15H18FN3O3. The number of aliphatic hydroxyl groups is 1. The van der Waals surface area contributed by atoms with Crippen molar-refractivity contribution in [1.29, 1.82) is 0 Å². The van der Waals surface area contributed by atoms with Gasteiger partial charge in [-0.15, -0.1) is 0 Å². The number of ether oxygens (including phenoxy) is 1. The van der Waals surface area contributed by atoms with Crippen LogP contribution < -0.4 is 10.1 Å². The summed E-state index contributed by atoms with van der Waals surface area (Å²) in [4.78, 5) is 12.2. The summed E-state index contributed by atoms with van der Waals surface area (Å²) in [5, 5.41) is 17.0. The van der Waals surface area contributed by atoms with Crippen molar-refractivity contribution in [2.75, 3.05) is 13.7 Å². The molecule has 6 nitrogen and oxygen atoms in total. The smallest absolute Gasteiger partial charge is 0.255 e.